The summed E-state index contributed by atoms with van der Waals surface area (Å²) in [6.45, 7) is 1.61. The molecule has 0 radical (unpaired) electrons. The Morgan fingerprint density at radius 2 is 1.80 bits per heavy atom. The van der Waals surface area contributed by atoms with Gasteiger partial charge in [0.15, 0.2) is 11.6 Å². The first kappa shape index (κ1) is 33.3. The van der Waals surface area contributed by atoms with Crippen molar-refractivity contribution in [1.82, 2.24) is 25.2 Å². The predicted molar refractivity (Wildman–Crippen MR) is 182 cm³/mol. The third-order valence-electron chi connectivity index (χ3n) is 8.34. The highest BCUT2D eigenvalue weighted by molar-refractivity contribution is 6.33. The number of ketones is 1. The number of hydrogen-bond donors (Lipinski definition) is 3. The van der Waals surface area contributed by atoms with Crippen molar-refractivity contribution in [2.45, 2.75) is 51.7 Å². The van der Waals surface area contributed by atoms with Gasteiger partial charge < -0.3 is 25.4 Å². The Bertz CT molecular complexity index is 2030. The maximum Gasteiger partial charge on any atom is 0.319 e. The Morgan fingerprint density at radius 3 is 2.57 bits per heavy atom. The fourth-order valence-electron chi connectivity index (χ4n) is 5.94. The molecule has 1 aliphatic rings. The zero-order valence-corrected chi connectivity index (χ0v) is 27.3. The van der Waals surface area contributed by atoms with Crippen molar-refractivity contribution in [1.29, 1.82) is 0 Å². The van der Waals surface area contributed by atoms with Crippen molar-refractivity contribution in [2.24, 2.45) is 0 Å². The van der Waals surface area contributed by atoms with E-state index in [4.69, 9.17) is 16.1 Å². The standard InChI is InChI=1S/C35H33ClFN7O5/c1-21(45)33-26-18-22(39-35(48)38-19-23-15-17-49-42-23)13-14-29(26)44(41-33)20-31(46)43-16-6-2-3-12-30(43)34(47)40-28-11-7-9-25(32(28)37)24-8-4-5-10-27(24)36/h4-5,7-11,13-15,17-18,30H,2-3,6,12,16,19-20H2,1H3,(H,40,47)(H2,38,39,48)/t30-/m0/s1. The molecule has 1 aliphatic heterocycles. The minimum absolute atomic E-state index is 0.0144. The zero-order valence-electron chi connectivity index (χ0n) is 26.5. The summed E-state index contributed by atoms with van der Waals surface area (Å²) in [7, 11) is 0. The van der Waals surface area contributed by atoms with E-state index in [2.05, 4.69) is 26.2 Å². The molecule has 3 aromatic carbocycles. The summed E-state index contributed by atoms with van der Waals surface area (Å²) in [5.74, 6) is -1.83. The molecule has 1 fully saturated rings. The summed E-state index contributed by atoms with van der Waals surface area (Å²) in [5, 5.41) is 17.1. The number of anilines is 2. The summed E-state index contributed by atoms with van der Waals surface area (Å²) >= 11 is 6.31. The Kier molecular flexibility index (Phi) is 10.00. The van der Waals surface area contributed by atoms with Gasteiger partial charge in [0.1, 0.15) is 30.2 Å². The van der Waals surface area contributed by atoms with Crippen molar-refractivity contribution < 1.29 is 28.1 Å². The molecule has 0 aliphatic carbocycles. The van der Waals surface area contributed by atoms with Crippen LogP contribution in [0.3, 0.4) is 0 Å². The van der Waals surface area contributed by atoms with Crippen molar-refractivity contribution in [3.8, 4) is 11.1 Å². The van der Waals surface area contributed by atoms with Gasteiger partial charge in [-0.1, -0.05) is 59.9 Å². The van der Waals surface area contributed by atoms with Crippen LogP contribution >= 0.6 is 11.6 Å². The molecule has 0 spiro atoms. The lowest BCUT2D eigenvalue weighted by Gasteiger charge is -2.29. The average Bonchev–Trinajstić information content (AvgIpc) is 3.65. The largest absolute Gasteiger partial charge is 0.364 e. The van der Waals surface area contributed by atoms with Gasteiger partial charge in [0.2, 0.25) is 11.8 Å². The van der Waals surface area contributed by atoms with Crippen molar-refractivity contribution >= 4 is 57.5 Å². The number of amides is 4. The number of aromatic nitrogens is 3. The Hall–Kier alpha value is -5.56. The third kappa shape index (κ3) is 7.46. The number of carbonyl (C=O) groups excluding carboxylic acids is 4. The summed E-state index contributed by atoms with van der Waals surface area (Å²) in [6.07, 6.45) is 4.03. The van der Waals surface area contributed by atoms with Gasteiger partial charge in [-0.25, -0.2) is 9.18 Å². The van der Waals surface area contributed by atoms with Crippen LogP contribution in [0.1, 0.15) is 48.8 Å². The summed E-state index contributed by atoms with van der Waals surface area (Å²) < 4.78 is 21.9. The van der Waals surface area contributed by atoms with Crippen molar-refractivity contribution in [2.75, 3.05) is 17.2 Å². The lowest BCUT2D eigenvalue weighted by Crippen LogP contribution is -2.48. The van der Waals surface area contributed by atoms with Gasteiger partial charge in [-0.2, -0.15) is 5.10 Å². The topological polar surface area (TPSA) is 151 Å². The second-order valence-corrected chi connectivity index (χ2v) is 12.1. The molecule has 2 aromatic heterocycles. The monoisotopic (exact) mass is 685 g/mol. The molecule has 0 bridgehead atoms. The van der Waals surface area contributed by atoms with Gasteiger partial charge in [0.05, 0.1) is 17.7 Å². The zero-order chi connectivity index (χ0) is 34.5. The minimum Gasteiger partial charge on any atom is -0.364 e. The number of benzene rings is 3. The molecule has 3 N–H and O–H groups in total. The van der Waals surface area contributed by atoms with Crippen molar-refractivity contribution in [3.63, 3.8) is 0 Å². The molecule has 0 saturated carbocycles. The molecule has 49 heavy (non-hydrogen) atoms. The van der Waals surface area contributed by atoms with Crippen LogP contribution in [0.4, 0.5) is 20.6 Å². The molecular formula is C35H33ClFN7O5. The maximum atomic E-state index is 15.7. The number of Topliss-reactive ketones (excluding diaryl/α,β-unsaturated/α-hetero) is 1. The Balaban J connectivity index is 1.20. The van der Waals surface area contributed by atoms with Crippen molar-refractivity contribution in [3.05, 3.63) is 95.2 Å². The molecule has 6 rings (SSSR count). The highest BCUT2D eigenvalue weighted by atomic mass is 35.5. The second-order valence-electron chi connectivity index (χ2n) is 11.7. The van der Waals surface area contributed by atoms with Crippen LogP contribution in [0.25, 0.3) is 22.0 Å². The summed E-state index contributed by atoms with van der Waals surface area (Å²) in [4.78, 5) is 54.1. The number of halogens is 2. The molecule has 12 nitrogen and oxygen atoms in total. The van der Waals surface area contributed by atoms with Gasteiger partial charge in [-0.3, -0.25) is 19.1 Å². The van der Waals surface area contributed by atoms with Gasteiger partial charge >= 0.3 is 6.03 Å². The summed E-state index contributed by atoms with van der Waals surface area (Å²) in [6, 6.07) is 16.8. The van der Waals surface area contributed by atoms with Gasteiger partial charge in [0.25, 0.3) is 0 Å². The molecule has 1 atom stereocenters. The summed E-state index contributed by atoms with van der Waals surface area (Å²) in [5.41, 5.74) is 2.32. The molecule has 5 aromatic rings. The molecule has 1 saturated heterocycles. The smallest absolute Gasteiger partial charge is 0.319 e. The molecule has 252 valence electrons. The van der Waals surface area contributed by atoms with Gasteiger partial charge in [0, 0.05) is 46.8 Å². The lowest BCUT2D eigenvalue weighted by atomic mass is 10.0. The SMILES string of the molecule is CC(=O)c1nn(CC(=O)N2CCCCC[C@H]2C(=O)Nc2cccc(-c3ccccc3Cl)c2F)c2ccc(NC(=O)NCc3ccon3)cc12. The molecule has 3 heterocycles. The number of fused-ring (bicyclic) bond motifs is 1. The molecule has 0 unspecified atom stereocenters. The lowest BCUT2D eigenvalue weighted by molar-refractivity contribution is -0.139. The van der Waals surface area contributed by atoms with E-state index in [-0.39, 0.29) is 41.7 Å². The quantitative estimate of drug-likeness (QED) is 0.152. The van der Waals surface area contributed by atoms with E-state index in [0.717, 1.165) is 6.42 Å². The maximum absolute atomic E-state index is 15.7. The van der Waals surface area contributed by atoms with E-state index < -0.39 is 23.8 Å². The first-order chi connectivity index (χ1) is 23.7. The van der Waals surface area contributed by atoms with Gasteiger partial charge in [-0.15, -0.1) is 0 Å². The number of rotatable bonds is 9. The number of carbonyl (C=O) groups is 4. The molecule has 4 amide bonds. The van der Waals surface area contributed by atoms with Crippen LogP contribution in [0.5, 0.6) is 0 Å². The highest BCUT2D eigenvalue weighted by Gasteiger charge is 2.32. The van der Waals surface area contributed by atoms with E-state index in [1.54, 1.807) is 60.7 Å². The van der Waals surface area contributed by atoms with E-state index in [1.807, 2.05) is 0 Å². The Morgan fingerprint density at radius 1 is 0.980 bits per heavy atom. The number of urea groups is 1. The minimum atomic E-state index is -0.848. The van der Waals surface area contributed by atoms with Crippen LogP contribution in [0.2, 0.25) is 5.02 Å². The average molecular weight is 686 g/mol. The third-order valence-corrected chi connectivity index (χ3v) is 8.67. The van der Waals surface area contributed by atoms with Crippen LogP contribution in [0.15, 0.2) is 77.5 Å². The predicted octanol–water partition coefficient (Wildman–Crippen LogP) is 6.42. The first-order valence-corrected chi connectivity index (χ1v) is 16.2. The van der Waals surface area contributed by atoms with Crippen LogP contribution in [-0.2, 0) is 22.7 Å². The first-order valence-electron chi connectivity index (χ1n) is 15.8. The van der Waals surface area contributed by atoms with Crippen LogP contribution in [0, 0.1) is 5.82 Å². The molecule has 14 heteroatoms. The van der Waals surface area contributed by atoms with E-state index >= 15 is 4.39 Å². The number of nitrogens with zero attached hydrogens (tertiary/aromatic N) is 4. The van der Waals surface area contributed by atoms with Crippen LogP contribution in [-0.4, -0.2) is 56.1 Å². The van der Waals surface area contributed by atoms with E-state index in [1.165, 1.54) is 28.8 Å². The number of nitrogens with one attached hydrogen (secondary N) is 3. The van der Waals surface area contributed by atoms with Crippen LogP contribution < -0.4 is 16.0 Å². The second kappa shape index (κ2) is 14.7. The van der Waals surface area contributed by atoms with E-state index in [9.17, 15) is 19.2 Å². The van der Waals surface area contributed by atoms with E-state index in [0.29, 0.717) is 58.7 Å². The van der Waals surface area contributed by atoms with Gasteiger partial charge in [-0.05, 0) is 43.2 Å². The number of hydrogen-bond acceptors (Lipinski definition) is 7. The fourth-order valence-corrected chi connectivity index (χ4v) is 6.18. The number of likely N-dealkylation sites (tertiary alicyclic amines) is 1. The molecular weight excluding hydrogens is 653 g/mol. The fraction of sp³-hybridized carbons (Fsp3) is 0.257. The Labute approximate surface area is 285 Å². The highest BCUT2D eigenvalue weighted by Crippen LogP contribution is 2.33. The normalized spacial score (nSPS) is 14.7.